The molecule has 0 saturated carbocycles. The van der Waals surface area contributed by atoms with E-state index in [4.69, 9.17) is 9.72 Å². The minimum atomic E-state index is 0.376. The molecular formula is C14H19N3O. The summed E-state index contributed by atoms with van der Waals surface area (Å²) in [6.45, 7) is 5.87. The van der Waals surface area contributed by atoms with E-state index in [0.717, 1.165) is 49.6 Å². The second kappa shape index (κ2) is 5.08. The second-order valence-corrected chi connectivity index (χ2v) is 4.71. The van der Waals surface area contributed by atoms with E-state index >= 15 is 0 Å². The van der Waals surface area contributed by atoms with Crippen molar-refractivity contribution in [2.75, 3.05) is 26.3 Å². The van der Waals surface area contributed by atoms with Gasteiger partial charge >= 0.3 is 0 Å². The maximum atomic E-state index is 5.42. The Morgan fingerprint density at radius 1 is 1.33 bits per heavy atom. The molecule has 1 aromatic carbocycles. The van der Waals surface area contributed by atoms with Crippen molar-refractivity contribution < 1.29 is 4.74 Å². The highest BCUT2D eigenvalue weighted by atomic mass is 16.5. The predicted molar refractivity (Wildman–Crippen MR) is 71.5 cm³/mol. The number of fused-ring (bicyclic) bond motifs is 1. The summed E-state index contributed by atoms with van der Waals surface area (Å²) in [5.74, 6) is 1.08. The molecule has 1 unspecified atom stereocenters. The van der Waals surface area contributed by atoms with Gasteiger partial charge in [0.2, 0.25) is 0 Å². The first-order valence-electron chi connectivity index (χ1n) is 6.65. The van der Waals surface area contributed by atoms with E-state index in [9.17, 15) is 0 Å². The topological polar surface area (TPSA) is 41.2 Å². The lowest BCUT2D eigenvalue weighted by molar-refractivity contribution is 0.0136. The van der Waals surface area contributed by atoms with Gasteiger partial charge in [-0.1, -0.05) is 19.1 Å². The molecule has 18 heavy (non-hydrogen) atoms. The smallest absolute Gasteiger partial charge is 0.124 e. The second-order valence-electron chi connectivity index (χ2n) is 4.71. The van der Waals surface area contributed by atoms with Crippen LogP contribution in [-0.2, 0) is 4.74 Å². The molecule has 0 spiro atoms. The number of nitrogens with zero attached hydrogens (tertiary/aromatic N) is 2. The molecule has 2 heterocycles. The number of ether oxygens (including phenoxy) is 1. The summed E-state index contributed by atoms with van der Waals surface area (Å²) in [5, 5.41) is 0. The summed E-state index contributed by atoms with van der Waals surface area (Å²) < 4.78 is 5.42. The van der Waals surface area contributed by atoms with Crippen molar-refractivity contribution in [2.24, 2.45) is 0 Å². The molecule has 1 atom stereocenters. The first-order valence-corrected chi connectivity index (χ1v) is 6.65. The van der Waals surface area contributed by atoms with Crippen molar-refractivity contribution in [3.8, 4) is 0 Å². The molecule has 0 amide bonds. The number of rotatable bonds is 3. The van der Waals surface area contributed by atoms with Crippen molar-refractivity contribution in [1.29, 1.82) is 0 Å². The van der Waals surface area contributed by atoms with Gasteiger partial charge in [-0.05, 0) is 18.6 Å². The number of hydrogen-bond donors (Lipinski definition) is 1. The average molecular weight is 245 g/mol. The maximum Gasteiger partial charge on any atom is 0.124 e. The quantitative estimate of drug-likeness (QED) is 0.902. The zero-order valence-corrected chi connectivity index (χ0v) is 10.7. The molecule has 96 valence electrons. The summed E-state index contributed by atoms with van der Waals surface area (Å²) in [7, 11) is 0. The third-order valence-corrected chi connectivity index (χ3v) is 3.60. The van der Waals surface area contributed by atoms with Gasteiger partial charge in [-0.3, -0.25) is 4.90 Å². The Labute approximate surface area is 107 Å². The number of imidazole rings is 1. The molecule has 1 fully saturated rings. The van der Waals surface area contributed by atoms with E-state index in [0.29, 0.717) is 6.04 Å². The first kappa shape index (κ1) is 11.7. The zero-order chi connectivity index (χ0) is 12.4. The molecule has 1 aliphatic rings. The fourth-order valence-corrected chi connectivity index (χ4v) is 2.64. The molecule has 2 aromatic rings. The first-order chi connectivity index (χ1) is 8.88. The van der Waals surface area contributed by atoms with E-state index in [-0.39, 0.29) is 0 Å². The SMILES string of the molecule is CCC(c1nc2ccccc2[nH]1)N1CCOCC1. The van der Waals surface area contributed by atoms with Crippen LogP contribution in [0.25, 0.3) is 11.0 Å². The van der Waals surface area contributed by atoms with Crippen LogP contribution in [-0.4, -0.2) is 41.2 Å². The zero-order valence-electron chi connectivity index (χ0n) is 10.7. The number of para-hydroxylation sites is 2. The van der Waals surface area contributed by atoms with Gasteiger partial charge in [-0.25, -0.2) is 4.98 Å². The van der Waals surface area contributed by atoms with Crippen LogP contribution in [0.4, 0.5) is 0 Å². The van der Waals surface area contributed by atoms with Crippen molar-refractivity contribution in [1.82, 2.24) is 14.9 Å². The molecule has 1 saturated heterocycles. The highest BCUT2D eigenvalue weighted by Crippen LogP contribution is 2.24. The van der Waals surface area contributed by atoms with Gasteiger partial charge in [0.25, 0.3) is 0 Å². The van der Waals surface area contributed by atoms with E-state index in [1.54, 1.807) is 0 Å². The van der Waals surface area contributed by atoms with Crippen LogP contribution in [0.15, 0.2) is 24.3 Å². The largest absolute Gasteiger partial charge is 0.379 e. The van der Waals surface area contributed by atoms with Gasteiger partial charge in [-0.2, -0.15) is 0 Å². The minimum Gasteiger partial charge on any atom is -0.379 e. The normalized spacial score (nSPS) is 19.2. The number of nitrogens with one attached hydrogen (secondary N) is 1. The standard InChI is InChI=1S/C14H19N3O/c1-2-13(17-7-9-18-10-8-17)14-15-11-5-3-4-6-12(11)16-14/h3-6,13H,2,7-10H2,1H3,(H,15,16). The maximum absolute atomic E-state index is 5.42. The fraction of sp³-hybridized carbons (Fsp3) is 0.500. The van der Waals surface area contributed by atoms with Crippen LogP contribution in [0.5, 0.6) is 0 Å². The van der Waals surface area contributed by atoms with E-state index in [2.05, 4.69) is 28.9 Å². The Kier molecular flexibility index (Phi) is 3.30. The van der Waals surface area contributed by atoms with Gasteiger partial charge in [0.1, 0.15) is 5.82 Å². The molecule has 3 rings (SSSR count). The molecule has 0 radical (unpaired) electrons. The minimum absolute atomic E-state index is 0.376. The molecule has 4 nitrogen and oxygen atoms in total. The molecule has 0 bridgehead atoms. The van der Waals surface area contributed by atoms with Crippen LogP contribution >= 0.6 is 0 Å². The van der Waals surface area contributed by atoms with Gasteiger partial charge < -0.3 is 9.72 Å². The van der Waals surface area contributed by atoms with Crippen molar-refractivity contribution in [3.05, 3.63) is 30.1 Å². The molecule has 1 N–H and O–H groups in total. The fourth-order valence-electron chi connectivity index (χ4n) is 2.64. The van der Waals surface area contributed by atoms with Gasteiger partial charge in [0.05, 0.1) is 30.3 Å². The number of morpholine rings is 1. The predicted octanol–water partition coefficient (Wildman–Crippen LogP) is 2.35. The molecule has 1 aromatic heterocycles. The lowest BCUT2D eigenvalue weighted by Crippen LogP contribution is -2.39. The van der Waals surface area contributed by atoms with Gasteiger partial charge in [-0.15, -0.1) is 0 Å². The van der Waals surface area contributed by atoms with Crippen LogP contribution in [0, 0.1) is 0 Å². The number of aromatic amines is 1. The molecular weight excluding hydrogens is 226 g/mol. The van der Waals surface area contributed by atoms with E-state index < -0.39 is 0 Å². The Morgan fingerprint density at radius 3 is 2.83 bits per heavy atom. The van der Waals surface area contributed by atoms with E-state index in [1.807, 2.05) is 12.1 Å². The number of benzene rings is 1. The highest BCUT2D eigenvalue weighted by Gasteiger charge is 2.23. The summed E-state index contributed by atoms with van der Waals surface area (Å²) in [6.07, 6.45) is 1.07. The number of H-pyrrole nitrogens is 1. The Morgan fingerprint density at radius 2 is 2.11 bits per heavy atom. The van der Waals surface area contributed by atoms with Gasteiger partial charge in [0.15, 0.2) is 0 Å². The van der Waals surface area contributed by atoms with Crippen LogP contribution in [0.1, 0.15) is 25.2 Å². The number of aromatic nitrogens is 2. The lowest BCUT2D eigenvalue weighted by atomic mass is 10.1. The molecule has 1 aliphatic heterocycles. The lowest BCUT2D eigenvalue weighted by Gasteiger charge is -2.32. The Balaban J connectivity index is 1.90. The molecule has 4 heteroatoms. The monoisotopic (exact) mass is 245 g/mol. The third-order valence-electron chi connectivity index (χ3n) is 3.60. The third kappa shape index (κ3) is 2.13. The summed E-state index contributed by atoms with van der Waals surface area (Å²) >= 11 is 0. The average Bonchev–Trinajstić information content (AvgIpc) is 2.84. The Bertz CT molecular complexity index is 483. The van der Waals surface area contributed by atoms with Gasteiger partial charge in [0, 0.05) is 13.1 Å². The van der Waals surface area contributed by atoms with Crippen LogP contribution in [0.2, 0.25) is 0 Å². The summed E-state index contributed by atoms with van der Waals surface area (Å²) in [5.41, 5.74) is 2.18. The Hall–Kier alpha value is -1.39. The van der Waals surface area contributed by atoms with E-state index in [1.165, 1.54) is 0 Å². The number of hydrogen-bond acceptors (Lipinski definition) is 3. The summed E-state index contributed by atoms with van der Waals surface area (Å²) in [6, 6.07) is 8.59. The highest BCUT2D eigenvalue weighted by molar-refractivity contribution is 5.74. The van der Waals surface area contributed by atoms with Crippen molar-refractivity contribution in [2.45, 2.75) is 19.4 Å². The molecule has 0 aliphatic carbocycles. The van der Waals surface area contributed by atoms with Crippen molar-refractivity contribution in [3.63, 3.8) is 0 Å². The van der Waals surface area contributed by atoms with Crippen LogP contribution in [0.3, 0.4) is 0 Å². The summed E-state index contributed by atoms with van der Waals surface area (Å²) in [4.78, 5) is 10.6. The van der Waals surface area contributed by atoms with Crippen molar-refractivity contribution >= 4 is 11.0 Å². The van der Waals surface area contributed by atoms with Crippen LogP contribution < -0.4 is 0 Å².